The van der Waals surface area contributed by atoms with E-state index in [1.807, 2.05) is 0 Å². The number of hydrogen-bond acceptors (Lipinski definition) is 3. The van der Waals surface area contributed by atoms with E-state index >= 15 is 0 Å². The molecule has 1 aliphatic heterocycles. The first-order chi connectivity index (χ1) is 8.77. The maximum absolute atomic E-state index is 11.9. The van der Waals surface area contributed by atoms with E-state index in [0.717, 1.165) is 12.8 Å². The lowest BCUT2D eigenvalue weighted by atomic mass is 9.89. The van der Waals surface area contributed by atoms with E-state index in [4.69, 9.17) is 4.74 Å². The molecule has 1 heterocycles. The van der Waals surface area contributed by atoms with Crippen LogP contribution in [0.2, 0.25) is 0 Å². The first-order valence-electron chi connectivity index (χ1n) is 6.90. The van der Waals surface area contributed by atoms with Crippen molar-refractivity contribution in [2.24, 2.45) is 5.92 Å². The summed E-state index contributed by atoms with van der Waals surface area (Å²) in [6.07, 6.45) is 5.62. The molecule has 2 aliphatic rings. The lowest BCUT2D eigenvalue weighted by Gasteiger charge is -2.27. The van der Waals surface area contributed by atoms with E-state index in [1.54, 1.807) is 4.90 Å². The normalized spacial score (nSPS) is 22.0. The molecular formula is C13H22N2O3. The summed E-state index contributed by atoms with van der Waals surface area (Å²) in [5.74, 6) is 0.378. The molecule has 0 radical (unpaired) electrons. The number of carbonyl (C=O) groups is 2. The third kappa shape index (κ3) is 3.70. The molecule has 0 bridgehead atoms. The van der Waals surface area contributed by atoms with Gasteiger partial charge in [-0.1, -0.05) is 19.3 Å². The quantitative estimate of drug-likeness (QED) is 0.796. The summed E-state index contributed by atoms with van der Waals surface area (Å²) in [6, 6.07) is 0. The second-order valence-corrected chi connectivity index (χ2v) is 5.06. The van der Waals surface area contributed by atoms with E-state index in [0.29, 0.717) is 26.2 Å². The Morgan fingerprint density at radius 1 is 1.33 bits per heavy atom. The number of nitrogens with zero attached hydrogens (tertiary/aromatic N) is 1. The van der Waals surface area contributed by atoms with Gasteiger partial charge in [-0.05, 0) is 12.8 Å². The van der Waals surface area contributed by atoms with Crippen molar-refractivity contribution in [3.05, 3.63) is 0 Å². The third-order valence-electron chi connectivity index (χ3n) is 3.74. The van der Waals surface area contributed by atoms with Gasteiger partial charge in [0.25, 0.3) is 0 Å². The molecule has 0 aromatic heterocycles. The topological polar surface area (TPSA) is 58.6 Å². The van der Waals surface area contributed by atoms with Gasteiger partial charge >= 0.3 is 0 Å². The number of amides is 2. The Bertz CT molecular complexity index is 301. The smallest absolute Gasteiger partial charge is 0.248 e. The summed E-state index contributed by atoms with van der Waals surface area (Å²) in [4.78, 5) is 25.1. The molecule has 2 fully saturated rings. The van der Waals surface area contributed by atoms with Crippen molar-refractivity contribution in [1.82, 2.24) is 10.2 Å². The fourth-order valence-corrected chi connectivity index (χ4v) is 2.61. The summed E-state index contributed by atoms with van der Waals surface area (Å²) >= 11 is 0. The SMILES string of the molecule is O=C(NCCN1CCOCC1=O)C1CCCCC1. The Hall–Kier alpha value is -1.10. The number of ether oxygens (including phenoxy) is 1. The van der Waals surface area contributed by atoms with Crippen LogP contribution in [-0.2, 0) is 14.3 Å². The van der Waals surface area contributed by atoms with Crippen LogP contribution in [0.5, 0.6) is 0 Å². The highest BCUT2D eigenvalue weighted by molar-refractivity contribution is 5.79. The maximum Gasteiger partial charge on any atom is 0.248 e. The molecule has 1 aliphatic carbocycles. The molecule has 18 heavy (non-hydrogen) atoms. The first kappa shape index (κ1) is 13.3. The molecule has 2 amide bonds. The van der Waals surface area contributed by atoms with Crippen molar-refractivity contribution >= 4 is 11.8 Å². The van der Waals surface area contributed by atoms with E-state index < -0.39 is 0 Å². The molecule has 5 nitrogen and oxygen atoms in total. The zero-order chi connectivity index (χ0) is 12.8. The molecule has 0 aromatic carbocycles. The third-order valence-corrected chi connectivity index (χ3v) is 3.74. The van der Waals surface area contributed by atoms with Gasteiger partial charge in [-0.25, -0.2) is 0 Å². The molecule has 0 unspecified atom stereocenters. The molecule has 102 valence electrons. The van der Waals surface area contributed by atoms with Gasteiger partial charge in [0.1, 0.15) is 6.61 Å². The summed E-state index contributed by atoms with van der Waals surface area (Å²) in [5, 5.41) is 2.95. The maximum atomic E-state index is 11.9. The van der Waals surface area contributed by atoms with E-state index in [9.17, 15) is 9.59 Å². The summed E-state index contributed by atoms with van der Waals surface area (Å²) in [7, 11) is 0. The van der Waals surface area contributed by atoms with Crippen LogP contribution >= 0.6 is 0 Å². The van der Waals surface area contributed by atoms with Crippen LogP contribution in [0.4, 0.5) is 0 Å². The average Bonchev–Trinajstić information content (AvgIpc) is 2.42. The lowest BCUT2D eigenvalue weighted by molar-refractivity contribution is -0.142. The predicted octanol–water partition coefficient (Wildman–Crippen LogP) is 0.542. The first-order valence-corrected chi connectivity index (χ1v) is 6.90. The van der Waals surface area contributed by atoms with Gasteiger partial charge in [0.15, 0.2) is 0 Å². The van der Waals surface area contributed by atoms with E-state index in [2.05, 4.69) is 5.32 Å². The number of carbonyl (C=O) groups excluding carboxylic acids is 2. The van der Waals surface area contributed by atoms with Crippen molar-refractivity contribution in [3.63, 3.8) is 0 Å². The van der Waals surface area contributed by atoms with Crippen LogP contribution in [0.25, 0.3) is 0 Å². The molecule has 1 saturated heterocycles. The van der Waals surface area contributed by atoms with Crippen molar-refractivity contribution < 1.29 is 14.3 Å². The standard InChI is InChI=1S/C13H22N2O3/c16-12-10-18-9-8-15(12)7-6-14-13(17)11-4-2-1-3-5-11/h11H,1-10H2,(H,14,17). The number of rotatable bonds is 4. The summed E-state index contributed by atoms with van der Waals surface area (Å²) in [6.45, 7) is 2.57. The Labute approximate surface area is 108 Å². The van der Waals surface area contributed by atoms with E-state index in [-0.39, 0.29) is 24.3 Å². The number of nitrogens with one attached hydrogen (secondary N) is 1. The van der Waals surface area contributed by atoms with Gasteiger partial charge in [-0.15, -0.1) is 0 Å². The summed E-state index contributed by atoms with van der Waals surface area (Å²) in [5.41, 5.74) is 0. The van der Waals surface area contributed by atoms with Crippen LogP contribution < -0.4 is 5.32 Å². The van der Waals surface area contributed by atoms with Gasteiger partial charge in [0.05, 0.1) is 6.61 Å². The Balaban J connectivity index is 1.64. The number of hydrogen-bond donors (Lipinski definition) is 1. The van der Waals surface area contributed by atoms with Crippen LogP contribution in [0.15, 0.2) is 0 Å². The molecule has 1 N–H and O–H groups in total. The molecular weight excluding hydrogens is 232 g/mol. The van der Waals surface area contributed by atoms with Crippen LogP contribution in [0.1, 0.15) is 32.1 Å². The predicted molar refractivity (Wildman–Crippen MR) is 67.0 cm³/mol. The van der Waals surface area contributed by atoms with Crippen molar-refractivity contribution in [1.29, 1.82) is 0 Å². The fraction of sp³-hybridized carbons (Fsp3) is 0.846. The Morgan fingerprint density at radius 3 is 2.83 bits per heavy atom. The van der Waals surface area contributed by atoms with Crippen LogP contribution in [0, 0.1) is 5.92 Å². The van der Waals surface area contributed by atoms with Gasteiger partial charge in [0.2, 0.25) is 11.8 Å². The molecule has 0 spiro atoms. The molecule has 1 saturated carbocycles. The fourth-order valence-electron chi connectivity index (χ4n) is 2.61. The second kappa shape index (κ2) is 6.73. The van der Waals surface area contributed by atoms with Gasteiger partial charge < -0.3 is 15.0 Å². The van der Waals surface area contributed by atoms with Crippen molar-refractivity contribution in [3.8, 4) is 0 Å². The number of morpholine rings is 1. The van der Waals surface area contributed by atoms with Crippen molar-refractivity contribution in [2.45, 2.75) is 32.1 Å². The zero-order valence-corrected chi connectivity index (χ0v) is 10.8. The second-order valence-electron chi connectivity index (χ2n) is 5.06. The molecule has 2 rings (SSSR count). The molecule has 5 heteroatoms. The van der Waals surface area contributed by atoms with Crippen molar-refractivity contribution in [2.75, 3.05) is 32.8 Å². The van der Waals surface area contributed by atoms with Crippen LogP contribution in [0.3, 0.4) is 0 Å². The Kier molecular flexibility index (Phi) is 4.99. The molecule has 0 atom stereocenters. The monoisotopic (exact) mass is 254 g/mol. The largest absolute Gasteiger partial charge is 0.370 e. The highest BCUT2D eigenvalue weighted by Gasteiger charge is 2.22. The minimum absolute atomic E-state index is 0.0214. The van der Waals surface area contributed by atoms with Gasteiger partial charge in [-0.3, -0.25) is 9.59 Å². The van der Waals surface area contributed by atoms with Gasteiger partial charge in [0, 0.05) is 25.6 Å². The minimum atomic E-state index is 0.0214. The Morgan fingerprint density at radius 2 is 2.11 bits per heavy atom. The molecule has 0 aromatic rings. The zero-order valence-electron chi connectivity index (χ0n) is 10.8. The van der Waals surface area contributed by atoms with Crippen LogP contribution in [-0.4, -0.2) is 49.6 Å². The average molecular weight is 254 g/mol. The van der Waals surface area contributed by atoms with Gasteiger partial charge in [-0.2, -0.15) is 0 Å². The summed E-state index contributed by atoms with van der Waals surface area (Å²) < 4.78 is 5.06. The minimum Gasteiger partial charge on any atom is -0.370 e. The highest BCUT2D eigenvalue weighted by atomic mass is 16.5. The highest BCUT2D eigenvalue weighted by Crippen LogP contribution is 2.23. The van der Waals surface area contributed by atoms with E-state index in [1.165, 1.54) is 19.3 Å². The lowest BCUT2D eigenvalue weighted by Crippen LogP contribution is -2.46.